The van der Waals surface area contributed by atoms with Crippen LogP contribution >= 0.6 is 11.8 Å². The molecule has 0 spiro atoms. The number of thioether (sulfide) groups is 1. The molecule has 0 bridgehead atoms. The van der Waals surface area contributed by atoms with Gasteiger partial charge in [-0.05, 0) is 43.2 Å². The van der Waals surface area contributed by atoms with E-state index in [4.69, 9.17) is 0 Å². The highest BCUT2D eigenvalue weighted by molar-refractivity contribution is 7.99. The second-order valence-electron chi connectivity index (χ2n) is 5.87. The molecule has 1 amide bonds. The van der Waals surface area contributed by atoms with Crippen molar-refractivity contribution in [3.63, 3.8) is 0 Å². The van der Waals surface area contributed by atoms with Crippen LogP contribution < -0.4 is 10.6 Å². The van der Waals surface area contributed by atoms with Crippen molar-refractivity contribution in [1.29, 1.82) is 0 Å². The molecular formula is C20H27N2OS+. The average molecular weight is 344 g/mol. The highest BCUT2D eigenvalue weighted by atomic mass is 32.2. The number of anilines is 1. The van der Waals surface area contributed by atoms with Crippen molar-refractivity contribution in [1.82, 2.24) is 0 Å². The molecule has 24 heavy (non-hydrogen) atoms. The first-order valence-corrected chi connectivity index (χ1v) is 9.58. The smallest absolute Gasteiger partial charge is 0.282 e. The maximum absolute atomic E-state index is 12.2. The molecule has 0 aromatic heterocycles. The van der Waals surface area contributed by atoms with Gasteiger partial charge < -0.3 is 10.6 Å². The zero-order chi connectivity index (χ0) is 17.2. The predicted octanol–water partition coefficient (Wildman–Crippen LogP) is 3.32. The quantitative estimate of drug-likeness (QED) is 0.542. The lowest BCUT2D eigenvalue weighted by atomic mass is 10.1. The van der Waals surface area contributed by atoms with Crippen LogP contribution in [0.4, 0.5) is 5.69 Å². The van der Waals surface area contributed by atoms with Gasteiger partial charge in [0, 0.05) is 22.8 Å². The van der Waals surface area contributed by atoms with Gasteiger partial charge in [-0.3, -0.25) is 4.79 Å². The molecular weight excluding hydrogens is 316 g/mol. The minimum Gasteiger partial charge on any atom is -0.336 e. The maximum Gasteiger partial charge on any atom is 0.282 e. The Kier molecular flexibility index (Phi) is 7.86. The van der Waals surface area contributed by atoms with Crippen LogP contribution in [-0.4, -0.2) is 24.2 Å². The summed E-state index contributed by atoms with van der Waals surface area (Å²) in [4.78, 5) is 13.5. The van der Waals surface area contributed by atoms with E-state index in [1.54, 1.807) is 0 Å². The first kappa shape index (κ1) is 18.6. The number of aryl methyl sites for hydroxylation is 1. The largest absolute Gasteiger partial charge is 0.336 e. The van der Waals surface area contributed by atoms with Gasteiger partial charge in [-0.25, -0.2) is 0 Å². The number of amides is 1. The van der Waals surface area contributed by atoms with Crippen LogP contribution in [-0.2, 0) is 11.2 Å². The minimum absolute atomic E-state index is 0.0648. The number of hydrogen-bond donors (Lipinski definition) is 2. The van der Waals surface area contributed by atoms with Gasteiger partial charge in [0.2, 0.25) is 0 Å². The molecule has 2 aromatic carbocycles. The van der Waals surface area contributed by atoms with Crippen LogP contribution in [0.25, 0.3) is 0 Å². The van der Waals surface area contributed by atoms with Crippen molar-refractivity contribution in [2.24, 2.45) is 0 Å². The Morgan fingerprint density at radius 3 is 2.50 bits per heavy atom. The Balaban J connectivity index is 1.64. The zero-order valence-corrected chi connectivity index (χ0v) is 15.3. The summed E-state index contributed by atoms with van der Waals surface area (Å²) in [7, 11) is 0. The Morgan fingerprint density at radius 2 is 1.83 bits per heavy atom. The normalized spacial score (nSPS) is 11.9. The topological polar surface area (TPSA) is 45.7 Å². The molecule has 3 N–H and O–H groups in total. The first-order chi connectivity index (χ1) is 11.7. The molecule has 0 saturated heterocycles. The Hall–Kier alpha value is -1.78. The maximum atomic E-state index is 12.2. The monoisotopic (exact) mass is 343 g/mol. The zero-order valence-electron chi connectivity index (χ0n) is 14.5. The molecule has 0 saturated carbocycles. The van der Waals surface area contributed by atoms with Crippen molar-refractivity contribution in [2.45, 2.75) is 37.6 Å². The summed E-state index contributed by atoms with van der Waals surface area (Å²) in [5, 5.41) is 5.10. The van der Waals surface area contributed by atoms with Crippen LogP contribution in [0.3, 0.4) is 0 Å². The third-order valence-corrected chi connectivity index (χ3v) is 5.02. The number of quaternary nitrogens is 1. The summed E-state index contributed by atoms with van der Waals surface area (Å²) in [6, 6.07) is 18.4. The summed E-state index contributed by atoms with van der Waals surface area (Å²) in [6.45, 7) is 5.05. The van der Waals surface area contributed by atoms with Crippen LogP contribution in [0.15, 0.2) is 59.5 Å². The fourth-order valence-electron chi connectivity index (χ4n) is 2.34. The van der Waals surface area contributed by atoms with Gasteiger partial charge in [-0.2, -0.15) is 0 Å². The SMILES string of the molecule is CCc1ccc(NC(=O)[C@H](C)[NH2+]CCCSc2ccccc2)cc1. The van der Waals surface area contributed by atoms with Crippen LogP contribution in [0.5, 0.6) is 0 Å². The molecule has 4 heteroatoms. The van der Waals surface area contributed by atoms with Gasteiger partial charge >= 0.3 is 0 Å². The van der Waals surface area contributed by atoms with E-state index < -0.39 is 0 Å². The van der Waals surface area contributed by atoms with E-state index in [0.29, 0.717) is 0 Å². The highest BCUT2D eigenvalue weighted by Crippen LogP contribution is 2.17. The first-order valence-electron chi connectivity index (χ1n) is 8.60. The van der Waals surface area contributed by atoms with Crippen LogP contribution in [0, 0.1) is 0 Å². The third-order valence-electron chi connectivity index (χ3n) is 3.92. The van der Waals surface area contributed by atoms with E-state index in [1.165, 1.54) is 10.5 Å². The van der Waals surface area contributed by atoms with E-state index >= 15 is 0 Å². The number of rotatable bonds is 9. The molecule has 0 radical (unpaired) electrons. The molecule has 1 atom stereocenters. The van der Waals surface area contributed by atoms with E-state index in [2.05, 4.69) is 54.0 Å². The van der Waals surface area contributed by atoms with Crippen molar-refractivity contribution in [3.05, 3.63) is 60.2 Å². The summed E-state index contributed by atoms with van der Waals surface area (Å²) in [5.41, 5.74) is 2.15. The van der Waals surface area contributed by atoms with E-state index in [-0.39, 0.29) is 11.9 Å². The van der Waals surface area contributed by atoms with Crippen molar-refractivity contribution < 1.29 is 10.1 Å². The number of nitrogens with two attached hydrogens (primary N) is 1. The lowest BCUT2D eigenvalue weighted by Gasteiger charge is -2.11. The molecule has 2 rings (SSSR count). The second-order valence-corrected chi connectivity index (χ2v) is 7.04. The van der Waals surface area contributed by atoms with Crippen LogP contribution in [0.2, 0.25) is 0 Å². The predicted molar refractivity (Wildman–Crippen MR) is 102 cm³/mol. The fraction of sp³-hybridized carbons (Fsp3) is 0.350. The summed E-state index contributed by atoms with van der Waals surface area (Å²) < 4.78 is 0. The summed E-state index contributed by atoms with van der Waals surface area (Å²) >= 11 is 1.87. The summed E-state index contributed by atoms with van der Waals surface area (Å²) in [6.07, 6.45) is 2.10. The Bertz CT molecular complexity index is 613. The molecule has 0 heterocycles. The number of carbonyl (C=O) groups excluding carboxylic acids is 1. The van der Waals surface area contributed by atoms with Gasteiger partial charge in [-0.1, -0.05) is 37.3 Å². The van der Waals surface area contributed by atoms with Crippen molar-refractivity contribution in [3.8, 4) is 0 Å². The molecule has 0 aliphatic carbocycles. The van der Waals surface area contributed by atoms with Gasteiger partial charge in [-0.15, -0.1) is 11.8 Å². The van der Waals surface area contributed by atoms with Gasteiger partial charge in [0.05, 0.1) is 6.54 Å². The number of benzene rings is 2. The van der Waals surface area contributed by atoms with E-state index in [9.17, 15) is 4.79 Å². The summed E-state index contributed by atoms with van der Waals surface area (Å²) in [5.74, 6) is 1.14. The van der Waals surface area contributed by atoms with Gasteiger partial charge in [0.1, 0.15) is 0 Å². The molecule has 3 nitrogen and oxygen atoms in total. The highest BCUT2D eigenvalue weighted by Gasteiger charge is 2.15. The number of carbonyl (C=O) groups is 1. The Labute approximate surface area is 149 Å². The molecule has 0 aliphatic rings. The fourth-order valence-corrected chi connectivity index (χ4v) is 3.24. The third kappa shape index (κ3) is 6.38. The lowest BCUT2D eigenvalue weighted by Crippen LogP contribution is -2.91. The number of hydrogen-bond acceptors (Lipinski definition) is 2. The van der Waals surface area contributed by atoms with Crippen molar-refractivity contribution in [2.75, 3.05) is 17.6 Å². The minimum atomic E-state index is -0.0717. The molecule has 2 aromatic rings. The van der Waals surface area contributed by atoms with Gasteiger partial charge in [0.25, 0.3) is 5.91 Å². The number of nitrogens with one attached hydrogen (secondary N) is 1. The molecule has 128 valence electrons. The van der Waals surface area contributed by atoms with E-state index in [1.807, 2.05) is 36.9 Å². The molecule has 0 fully saturated rings. The van der Waals surface area contributed by atoms with E-state index in [0.717, 1.165) is 30.8 Å². The lowest BCUT2D eigenvalue weighted by molar-refractivity contribution is -0.672. The Morgan fingerprint density at radius 1 is 1.12 bits per heavy atom. The molecule has 0 unspecified atom stereocenters. The molecule has 0 aliphatic heterocycles. The van der Waals surface area contributed by atoms with Crippen molar-refractivity contribution >= 4 is 23.4 Å². The average Bonchev–Trinajstić information content (AvgIpc) is 2.62. The standard InChI is InChI=1S/C20H26N2OS/c1-3-17-10-12-18(13-11-17)22-20(23)16(2)21-14-7-15-24-19-8-5-4-6-9-19/h4-6,8-13,16,21H,3,7,14-15H2,1-2H3,(H,22,23)/p+1/t16-/m0/s1. The van der Waals surface area contributed by atoms with Crippen LogP contribution in [0.1, 0.15) is 25.8 Å². The second kappa shape index (κ2) is 10.2. The van der Waals surface area contributed by atoms with Gasteiger partial charge in [0.15, 0.2) is 6.04 Å².